The predicted octanol–water partition coefficient (Wildman–Crippen LogP) is 4.43. The van der Waals surface area contributed by atoms with Crippen LogP contribution in [0.2, 0.25) is 0 Å². The molecule has 0 heterocycles. The molecule has 0 unspecified atom stereocenters. The number of amides is 2. The molecule has 2 aromatic rings. The lowest BCUT2D eigenvalue weighted by molar-refractivity contribution is -0.141. The standard InChI is InChI=1S/C25H34N2O2/c1-6-23(25(29)26-16-18(2)3)27(17-21-12-10-19(4)11-13-21)24(28)15-22-9-7-8-20(5)14-22/h7-14,18,23H,6,15-17H2,1-5H3,(H,26,29)/t23-/m0/s1. The van der Waals surface area contributed by atoms with Crippen LogP contribution >= 0.6 is 0 Å². The number of nitrogens with one attached hydrogen (secondary N) is 1. The molecule has 1 N–H and O–H groups in total. The molecule has 2 rings (SSSR count). The Morgan fingerprint density at radius 2 is 1.66 bits per heavy atom. The summed E-state index contributed by atoms with van der Waals surface area (Å²) < 4.78 is 0. The zero-order valence-corrected chi connectivity index (χ0v) is 18.4. The maximum absolute atomic E-state index is 13.3. The Labute approximate surface area is 175 Å². The molecule has 4 heteroatoms. The van der Waals surface area contributed by atoms with Crippen LogP contribution in [0.15, 0.2) is 48.5 Å². The number of hydrogen-bond donors (Lipinski definition) is 1. The number of hydrogen-bond acceptors (Lipinski definition) is 2. The van der Waals surface area contributed by atoms with E-state index >= 15 is 0 Å². The molecule has 0 bridgehead atoms. The van der Waals surface area contributed by atoms with Crippen molar-refractivity contribution in [1.29, 1.82) is 0 Å². The Balaban J connectivity index is 2.25. The van der Waals surface area contributed by atoms with Crippen LogP contribution in [-0.4, -0.2) is 29.3 Å². The second-order valence-electron chi connectivity index (χ2n) is 8.24. The SMILES string of the molecule is CC[C@@H](C(=O)NCC(C)C)N(Cc1ccc(C)cc1)C(=O)Cc1cccc(C)c1. The minimum atomic E-state index is -0.479. The second kappa shape index (κ2) is 10.8. The summed E-state index contributed by atoms with van der Waals surface area (Å²) in [7, 11) is 0. The van der Waals surface area contributed by atoms with Gasteiger partial charge in [-0.05, 0) is 37.3 Å². The van der Waals surface area contributed by atoms with Gasteiger partial charge in [0, 0.05) is 13.1 Å². The topological polar surface area (TPSA) is 49.4 Å². The summed E-state index contributed by atoms with van der Waals surface area (Å²) in [5, 5.41) is 3.00. The molecule has 1 atom stereocenters. The number of nitrogens with zero attached hydrogens (tertiary/aromatic N) is 1. The van der Waals surface area contributed by atoms with Gasteiger partial charge < -0.3 is 10.2 Å². The van der Waals surface area contributed by atoms with Crippen LogP contribution in [-0.2, 0) is 22.6 Å². The maximum Gasteiger partial charge on any atom is 0.242 e. The van der Waals surface area contributed by atoms with Crippen molar-refractivity contribution < 1.29 is 9.59 Å². The maximum atomic E-state index is 13.3. The fourth-order valence-corrected chi connectivity index (χ4v) is 3.33. The van der Waals surface area contributed by atoms with Gasteiger partial charge >= 0.3 is 0 Å². The average molecular weight is 395 g/mol. The molecule has 0 aliphatic carbocycles. The third-order valence-corrected chi connectivity index (χ3v) is 4.98. The van der Waals surface area contributed by atoms with Crippen molar-refractivity contribution in [2.75, 3.05) is 6.54 Å². The van der Waals surface area contributed by atoms with E-state index in [0.717, 1.165) is 16.7 Å². The van der Waals surface area contributed by atoms with E-state index < -0.39 is 6.04 Å². The number of aryl methyl sites for hydroxylation is 2. The molecule has 4 nitrogen and oxygen atoms in total. The number of benzene rings is 2. The lowest BCUT2D eigenvalue weighted by atomic mass is 10.0. The van der Waals surface area contributed by atoms with Gasteiger partial charge in [-0.1, -0.05) is 80.4 Å². The van der Waals surface area contributed by atoms with Crippen LogP contribution < -0.4 is 5.32 Å². The largest absolute Gasteiger partial charge is 0.354 e. The molecular formula is C25H34N2O2. The smallest absolute Gasteiger partial charge is 0.242 e. The minimum absolute atomic E-state index is 0.0253. The summed E-state index contributed by atoms with van der Waals surface area (Å²) in [4.78, 5) is 27.9. The van der Waals surface area contributed by atoms with Gasteiger partial charge in [-0.25, -0.2) is 0 Å². The molecule has 0 aromatic heterocycles. The number of carbonyl (C=O) groups is 2. The Morgan fingerprint density at radius 3 is 2.24 bits per heavy atom. The van der Waals surface area contributed by atoms with E-state index in [9.17, 15) is 9.59 Å². The summed E-state index contributed by atoms with van der Waals surface area (Å²) in [5.74, 6) is 0.263. The number of rotatable bonds is 9. The molecule has 0 spiro atoms. The normalized spacial score (nSPS) is 11.9. The first-order chi connectivity index (χ1) is 13.8. The first kappa shape index (κ1) is 22.7. The first-order valence-electron chi connectivity index (χ1n) is 10.5. The molecule has 2 aromatic carbocycles. The predicted molar refractivity (Wildman–Crippen MR) is 119 cm³/mol. The van der Waals surface area contributed by atoms with Crippen LogP contribution in [0.4, 0.5) is 0 Å². The Hall–Kier alpha value is -2.62. The van der Waals surface area contributed by atoms with Crippen molar-refractivity contribution in [3.05, 3.63) is 70.8 Å². The Bertz CT molecular complexity index is 812. The van der Waals surface area contributed by atoms with Crippen molar-refractivity contribution in [2.45, 2.75) is 60.0 Å². The summed E-state index contributed by atoms with van der Waals surface area (Å²) in [5.41, 5.74) is 4.31. The summed E-state index contributed by atoms with van der Waals surface area (Å²) >= 11 is 0. The van der Waals surface area contributed by atoms with E-state index in [1.165, 1.54) is 5.56 Å². The fourth-order valence-electron chi connectivity index (χ4n) is 3.33. The van der Waals surface area contributed by atoms with Crippen molar-refractivity contribution in [2.24, 2.45) is 5.92 Å². The molecule has 0 saturated carbocycles. The highest BCUT2D eigenvalue weighted by Gasteiger charge is 2.28. The van der Waals surface area contributed by atoms with Crippen LogP contribution in [0.5, 0.6) is 0 Å². The highest BCUT2D eigenvalue weighted by molar-refractivity contribution is 5.88. The molecule has 0 aliphatic rings. The zero-order chi connectivity index (χ0) is 21.4. The van der Waals surface area contributed by atoms with Crippen molar-refractivity contribution in [1.82, 2.24) is 10.2 Å². The molecule has 0 saturated heterocycles. The summed E-state index contributed by atoms with van der Waals surface area (Å²) in [6.07, 6.45) is 0.872. The molecule has 0 radical (unpaired) electrons. The molecule has 0 aliphatic heterocycles. The third kappa shape index (κ3) is 7.04. The molecule has 2 amide bonds. The van der Waals surface area contributed by atoms with Gasteiger partial charge in [0.05, 0.1) is 6.42 Å². The van der Waals surface area contributed by atoms with E-state index in [1.807, 2.05) is 69.3 Å². The van der Waals surface area contributed by atoms with E-state index in [-0.39, 0.29) is 11.8 Å². The van der Waals surface area contributed by atoms with Gasteiger partial charge in [0.1, 0.15) is 6.04 Å². The molecule has 29 heavy (non-hydrogen) atoms. The minimum Gasteiger partial charge on any atom is -0.354 e. The van der Waals surface area contributed by atoms with Gasteiger partial charge in [-0.2, -0.15) is 0 Å². The van der Waals surface area contributed by atoms with Crippen molar-refractivity contribution in [3.63, 3.8) is 0 Å². The van der Waals surface area contributed by atoms with Gasteiger partial charge in [0.15, 0.2) is 0 Å². The van der Waals surface area contributed by atoms with Gasteiger partial charge in [0.25, 0.3) is 0 Å². The van der Waals surface area contributed by atoms with Crippen LogP contribution in [0, 0.1) is 19.8 Å². The van der Waals surface area contributed by atoms with Gasteiger partial charge in [-0.15, -0.1) is 0 Å². The van der Waals surface area contributed by atoms with E-state index in [4.69, 9.17) is 0 Å². The van der Waals surface area contributed by atoms with Crippen LogP contribution in [0.3, 0.4) is 0 Å². The summed E-state index contributed by atoms with van der Waals surface area (Å²) in [6, 6.07) is 15.6. The summed E-state index contributed by atoms with van der Waals surface area (Å²) in [6.45, 7) is 11.2. The quantitative estimate of drug-likeness (QED) is 0.684. The Kier molecular flexibility index (Phi) is 8.44. The Morgan fingerprint density at radius 1 is 0.966 bits per heavy atom. The third-order valence-electron chi connectivity index (χ3n) is 4.98. The fraction of sp³-hybridized carbons (Fsp3) is 0.440. The monoisotopic (exact) mass is 394 g/mol. The second-order valence-corrected chi connectivity index (χ2v) is 8.24. The highest BCUT2D eigenvalue weighted by Crippen LogP contribution is 2.16. The lowest BCUT2D eigenvalue weighted by Gasteiger charge is -2.31. The highest BCUT2D eigenvalue weighted by atomic mass is 16.2. The van der Waals surface area contributed by atoms with E-state index in [1.54, 1.807) is 4.90 Å². The average Bonchev–Trinajstić information content (AvgIpc) is 2.67. The van der Waals surface area contributed by atoms with Crippen molar-refractivity contribution in [3.8, 4) is 0 Å². The molecule has 0 fully saturated rings. The van der Waals surface area contributed by atoms with E-state index in [0.29, 0.717) is 31.8 Å². The van der Waals surface area contributed by atoms with Crippen LogP contribution in [0.25, 0.3) is 0 Å². The molecule has 156 valence electrons. The first-order valence-corrected chi connectivity index (χ1v) is 10.5. The van der Waals surface area contributed by atoms with Crippen LogP contribution in [0.1, 0.15) is 49.4 Å². The molecular weight excluding hydrogens is 360 g/mol. The van der Waals surface area contributed by atoms with Crippen molar-refractivity contribution >= 4 is 11.8 Å². The van der Waals surface area contributed by atoms with Gasteiger partial charge in [0.2, 0.25) is 11.8 Å². The van der Waals surface area contributed by atoms with Gasteiger partial charge in [-0.3, -0.25) is 9.59 Å². The lowest BCUT2D eigenvalue weighted by Crippen LogP contribution is -2.50. The number of carbonyl (C=O) groups excluding carboxylic acids is 2. The zero-order valence-electron chi connectivity index (χ0n) is 18.4. The van der Waals surface area contributed by atoms with E-state index in [2.05, 4.69) is 19.2 Å².